The minimum atomic E-state index is -4.88. The molecule has 77 heavy (non-hydrogen) atoms. The normalized spacial score (nSPS) is 15.6. The van der Waals surface area contributed by atoms with Gasteiger partial charge in [0, 0.05) is 66.8 Å². The van der Waals surface area contributed by atoms with Crippen molar-refractivity contribution in [2.75, 3.05) is 163 Å². The number of anilines is 1. The van der Waals surface area contributed by atoms with E-state index < -0.39 is 47.7 Å². The van der Waals surface area contributed by atoms with Crippen molar-refractivity contribution in [1.29, 1.82) is 0 Å². The molecule has 1 N–H and O–H groups in total. The van der Waals surface area contributed by atoms with Crippen LogP contribution in [0.5, 0.6) is 0 Å². The van der Waals surface area contributed by atoms with Crippen molar-refractivity contribution in [1.82, 2.24) is 4.58 Å². The van der Waals surface area contributed by atoms with Crippen LogP contribution in [0.25, 0.3) is 17.4 Å². The number of fused-ring (bicyclic) bond motifs is 2. The van der Waals surface area contributed by atoms with Gasteiger partial charge in [-0.25, -0.2) is 21.4 Å². The Hall–Kier alpha value is -4.18. The molecule has 0 fully saturated rings. The van der Waals surface area contributed by atoms with Gasteiger partial charge in [0.25, 0.3) is 0 Å². The second-order valence-electron chi connectivity index (χ2n) is 19.3. The summed E-state index contributed by atoms with van der Waals surface area (Å²) in [6.45, 7) is 17.2. The molecule has 1 atom stereocenters. The number of rotatable bonds is 41. The lowest BCUT2D eigenvalue weighted by molar-refractivity contribution is -0.137. The molecule has 4 rings (SSSR count). The lowest BCUT2D eigenvalue weighted by atomic mass is 9.77. The van der Waals surface area contributed by atoms with Crippen LogP contribution < -0.4 is 14.8 Å². The van der Waals surface area contributed by atoms with E-state index >= 15 is 0 Å². The van der Waals surface area contributed by atoms with Crippen LogP contribution in [0.1, 0.15) is 70.3 Å². The van der Waals surface area contributed by atoms with E-state index in [9.17, 15) is 35.8 Å². The van der Waals surface area contributed by atoms with Gasteiger partial charge in [-0.2, -0.15) is 0 Å². The first-order chi connectivity index (χ1) is 36.8. The molecule has 0 saturated heterocycles. The van der Waals surface area contributed by atoms with Crippen molar-refractivity contribution < 1.29 is 87.6 Å². The molecule has 23 heteroatoms. The summed E-state index contributed by atoms with van der Waals surface area (Å²) < 4.78 is 136. The number of methoxy groups -OCH3 is 2. The van der Waals surface area contributed by atoms with Crippen LogP contribution in [0.3, 0.4) is 0 Å². The quantitative estimate of drug-likeness (QED) is 0.0460. The Morgan fingerprint density at radius 2 is 1.21 bits per heavy atom. The number of allylic oxidation sites excluding steroid dienone is 3. The Kier molecular flexibility index (Phi) is 28.9. The number of carboxylic acids is 1. The molecule has 2 heterocycles. The van der Waals surface area contributed by atoms with Crippen molar-refractivity contribution in [3.8, 4) is 11.3 Å². The number of aliphatic carboxylic acids is 1. The summed E-state index contributed by atoms with van der Waals surface area (Å²) in [6.07, 6.45) is 5.78. The largest absolute Gasteiger partial charge is 0.748 e. The summed E-state index contributed by atoms with van der Waals surface area (Å²) in [5.74, 6) is -0.339. The van der Waals surface area contributed by atoms with E-state index in [1.54, 1.807) is 19.1 Å². The van der Waals surface area contributed by atoms with E-state index in [1.165, 1.54) is 18.2 Å². The second-order valence-corrected chi connectivity index (χ2v) is 22.2. The van der Waals surface area contributed by atoms with Gasteiger partial charge in [0.2, 0.25) is 5.36 Å². The lowest BCUT2D eigenvalue weighted by Crippen LogP contribution is -2.36. The number of hydrogen-bond donors (Lipinski definition) is 1. The third kappa shape index (κ3) is 23.6. The van der Waals surface area contributed by atoms with Crippen molar-refractivity contribution >= 4 is 38.0 Å². The van der Waals surface area contributed by atoms with Crippen LogP contribution in [0, 0.1) is 0 Å². The van der Waals surface area contributed by atoms with E-state index in [0.717, 1.165) is 16.5 Å². The molecule has 1 aromatic rings. The zero-order chi connectivity index (χ0) is 56.2. The summed E-state index contributed by atoms with van der Waals surface area (Å²) in [5.41, 5.74) is 1.76. The van der Waals surface area contributed by atoms with Gasteiger partial charge in [-0.05, 0) is 73.7 Å². The monoisotopic (exact) mass is 1130 g/mol. The predicted octanol–water partition coefficient (Wildman–Crippen LogP) is 4.65. The first kappa shape index (κ1) is 65.3. The van der Waals surface area contributed by atoms with Gasteiger partial charge in [-0.3, -0.25) is 4.79 Å². The Morgan fingerprint density at radius 1 is 0.701 bits per heavy atom. The first-order valence-electron chi connectivity index (χ1n) is 26.0. The van der Waals surface area contributed by atoms with Gasteiger partial charge >= 0.3 is 5.97 Å². The van der Waals surface area contributed by atoms with Crippen molar-refractivity contribution in [2.24, 2.45) is 0 Å². The Morgan fingerprint density at radius 3 is 1.68 bits per heavy atom. The molecule has 0 bridgehead atoms. The highest BCUT2D eigenvalue weighted by Crippen LogP contribution is 2.51. The molecule has 2 aliphatic heterocycles. The van der Waals surface area contributed by atoms with Gasteiger partial charge in [0.05, 0.1) is 127 Å². The summed E-state index contributed by atoms with van der Waals surface area (Å²) >= 11 is 0. The number of carbonyl (C=O) groups is 1. The van der Waals surface area contributed by atoms with E-state index in [2.05, 4.69) is 4.58 Å². The zero-order valence-corrected chi connectivity index (χ0v) is 47.3. The average molecular weight is 1130 g/mol. The van der Waals surface area contributed by atoms with Gasteiger partial charge in [-0.1, -0.05) is 32.9 Å². The predicted molar refractivity (Wildman–Crippen MR) is 286 cm³/mol. The Labute approximate surface area is 454 Å². The van der Waals surface area contributed by atoms with E-state index in [4.69, 9.17) is 51.8 Å². The topological polar surface area (TPSA) is 263 Å². The minimum absolute atomic E-state index is 0.0494. The van der Waals surface area contributed by atoms with Gasteiger partial charge < -0.3 is 70.9 Å². The molecule has 21 nitrogen and oxygen atoms in total. The number of carboxylic acid groups (broad SMARTS) is 1. The minimum Gasteiger partial charge on any atom is -0.748 e. The molecular weight excluding hydrogens is 1040 g/mol. The first-order valence-corrected chi connectivity index (χ1v) is 29.0. The Bertz CT molecular complexity index is 2530. The lowest BCUT2D eigenvalue weighted by Gasteiger charge is -2.30. The maximum absolute atomic E-state index is 12.3. The molecule has 0 saturated carbocycles. The molecular formula is C54H81N2O19S2-. The summed E-state index contributed by atoms with van der Waals surface area (Å²) in [7, 11) is -6.19. The summed E-state index contributed by atoms with van der Waals surface area (Å²) in [4.78, 5) is 13.0. The fourth-order valence-corrected chi connectivity index (χ4v) is 9.34. The number of nitrogens with zero attached hydrogens (tertiary/aromatic N) is 2. The molecule has 3 aliphatic rings. The van der Waals surface area contributed by atoms with Gasteiger partial charge in [0.1, 0.15) is 34.9 Å². The molecule has 0 aromatic heterocycles. The maximum atomic E-state index is 12.3. The highest BCUT2D eigenvalue weighted by Gasteiger charge is 2.43. The molecule has 0 radical (unpaired) electrons. The number of ether oxygens (including phenoxy) is 10. The van der Waals surface area contributed by atoms with Crippen LogP contribution in [0.15, 0.2) is 69.6 Å². The second kappa shape index (κ2) is 34.1. The third-order valence-electron chi connectivity index (χ3n) is 12.4. The Balaban J connectivity index is 1.60. The fourth-order valence-electron chi connectivity index (χ4n) is 8.36. The maximum Gasteiger partial charge on any atom is 0.303 e. The highest BCUT2D eigenvalue weighted by molar-refractivity contribution is 7.86. The number of benzene rings is 2. The van der Waals surface area contributed by atoms with Crippen LogP contribution in [-0.4, -0.2) is 196 Å². The molecule has 1 aromatic carbocycles. The van der Waals surface area contributed by atoms with E-state index in [1.807, 2.05) is 70.2 Å². The van der Waals surface area contributed by atoms with Crippen LogP contribution in [0.2, 0.25) is 0 Å². The zero-order valence-electron chi connectivity index (χ0n) is 45.7. The summed E-state index contributed by atoms with van der Waals surface area (Å²) in [6, 6.07) is 11.9. The highest BCUT2D eigenvalue weighted by atomic mass is 32.2. The SMILES string of the molecule is COCCOCCOCCOCCOCC[N+](CCOCCOCCOCCOCCOC)=c1ccc2c(/C=C/C=C3\N(CCCS(=O)(=O)[O-])c4ccc(S(=O)(=O)[O-])cc4C3(C)CCCC(=O)O)cc(C(C)(C)C)oc-2c1. The molecule has 1 unspecified atom stereocenters. The molecule has 1 aliphatic carbocycles. The number of hydrogen-bond acceptors (Lipinski definition) is 19. The van der Waals surface area contributed by atoms with Crippen LogP contribution in [0.4, 0.5) is 5.69 Å². The van der Waals surface area contributed by atoms with Crippen molar-refractivity contribution in [3.05, 3.63) is 82.6 Å². The van der Waals surface area contributed by atoms with Crippen LogP contribution in [-0.2, 0) is 83.2 Å². The van der Waals surface area contributed by atoms with Crippen LogP contribution >= 0.6 is 0 Å². The molecule has 0 spiro atoms. The fraction of sp³-hybridized carbons (Fsp3) is 0.630. The summed E-state index contributed by atoms with van der Waals surface area (Å²) in [5, 5.41) is 10.4. The molecule has 0 amide bonds. The van der Waals surface area contributed by atoms with Gasteiger partial charge in [0.15, 0.2) is 13.1 Å². The van der Waals surface area contributed by atoms with Crippen molar-refractivity contribution in [3.63, 3.8) is 0 Å². The van der Waals surface area contributed by atoms with E-state index in [-0.39, 0.29) is 32.2 Å². The van der Waals surface area contributed by atoms with Gasteiger partial charge in [-0.15, -0.1) is 0 Å². The smallest absolute Gasteiger partial charge is 0.303 e. The van der Waals surface area contributed by atoms with Crippen molar-refractivity contribution in [2.45, 2.75) is 69.1 Å². The molecule has 434 valence electrons. The third-order valence-corrected chi connectivity index (χ3v) is 14.0. The van der Waals surface area contributed by atoms with E-state index in [0.29, 0.717) is 160 Å². The standard InChI is InChI=1S/C54H82N2O19S2/c1-53(2,3)51-40-43(10-7-11-50-54(4,17-8-12-52(57)58)47-42-45(77(62,63)64)14-16-48(47)56(50)18-9-39-76(59,60)61)46-15-13-44(41-49(46)75-51)55(19-21-67-27-29-71-35-37-73-33-31-69-25-23-65-5)20-22-68-28-30-72-36-38-74-34-32-70-26-24-66-6/h7,10-11,13-16,40-42H,8-9,12,17-39H2,1-6H3,(H2-,57,58,59,60,61,62,63,64)/p-1. The average Bonchev–Trinajstić information content (AvgIpc) is 3.70.